The summed E-state index contributed by atoms with van der Waals surface area (Å²) in [5.74, 6) is -0.470. The highest BCUT2D eigenvalue weighted by molar-refractivity contribution is 6.00. The van der Waals surface area contributed by atoms with Crippen LogP contribution in [0.3, 0.4) is 0 Å². The Bertz CT molecular complexity index is 552. The lowest BCUT2D eigenvalue weighted by Gasteiger charge is -2.18. The summed E-state index contributed by atoms with van der Waals surface area (Å²) in [5, 5.41) is 15.0. The molecule has 98 valence electrons. The Balaban J connectivity index is 2.04. The highest BCUT2D eigenvalue weighted by Gasteiger charge is 2.24. The van der Waals surface area contributed by atoms with E-state index in [1.807, 2.05) is 0 Å². The Morgan fingerprint density at radius 3 is 2.58 bits per heavy atom. The van der Waals surface area contributed by atoms with Gasteiger partial charge < -0.3 is 5.32 Å². The van der Waals surface area contributed by atoms with Crippen LogP contribution in [0.15, 0.2) is 29.3 Å². The molecule has 0 spiro atoms. The molecule has 1 aliphatic rings. The van der Waals surface area contributed by atoms with Crippen molar-refractivity contribution in [1.29, 1.82) is 0 Å². The second kappa shape index (κ2) is 5.25. The van der Waals surface area contributed by atoms with Gasteiger partial charge in [0.05, 0.1) is 11.5 Å². The Morgan fingerprint density at radius 2 is 2.00 bits per heavy atom. The summed E-state index contributed by atoms with van der Waals surface area (Å²) in [6.07, 6.45) is 1.44. The first kappa shape index (κ1) is 12.7. The number of hydrogen-bond donors (Lipinski definition) is 2. The van der Waals surface area contributed by atoms with Gasteiger partial charge in [0, 0.05) is 18.3 Å². The quantitative estimate of drug-likeness (QED) is 0.460. The topological polar surface area (TPSA) is 114 Å². The zero-order valence-corrected chi connectivity index (χ0v) is 9.70. The van der Waals surface area contributed by atoms with Gasteiger partial charge in [0.25, 0.3) is 11.6 Å². The van der Waals surface area contributed by atoms with Crippen LogP contribution in [0.25, 0.3) is 0 Å². The van der Waals surface area contributed by atoms with Crippen LogP contribution in [0.5, 0.6) is 0 Å². The first-order chi connectivity index (χ1) is 9.06. The molecule has 0 aromatic heterocycles. The van der Waals surface area contributed by atoms with E-state index in [1.165, 1.54) is 30.5 Å². The Kier molecular flexibility index (Phi) is 3.51. The zero-order valence-electron chi connectivity index (χ0n) is 9.70. The van der Waals surface area contributed by atoms with E-state index in [-0.39, 0.29) is 12.2 Å². The number of nitrogens with one attached hydrogen (secondary N) is 2. The summed E-state index contributed by atoms with van der Waals surface area (Å²) in [5.41, 5.74) is 0.620. The van der Waals surface area contributed by atoms with Crippen molar-refractivity contribution in [3.8, 4) is 0 Å². The van der Waals surface area contributed by atoms with E-state index in [0.717, 1.165) is 0 Å². The minimum atomic E-state index is -0.687. The molecule has 2 rings (SSSR count). The summed E-state index contributed by atoms with van der Waals surface area (Å²) >= 11 is 0. The lowest BCUT2D eigenvalue weighted by atomic mass is 10.2. The molecule has 1 saturated heterocycles. The third-order valence-corrected chi connectivity index (χ3v) is 2.50. The van der Waals surface area contributed by atoms with Gasteiger partial charge in [-0.25, -0.2) is 4.79 Å². The van der Waals surface area contributed by atoms with Crippen LogP contribution in [-0.2, 0) is 4.79 Å². The highest BCUT2D eigenvalue weighted by atomic mass is 16.6. The van der Waals surface area contributed by atoms with Gasteiger partial charge in [0.2, 0.25) is 0 Å². The lowest BCUT2D eigenvalue weighted by molar-refractivity contribution is -0.384. The zero-order chi connectivity index (χ0) is 13.8. The molecule has 0 radical (unpaired) electrons. The molecule has 8 heteroatoms. The smallest absolute Gasteiger partial charge is 0.321 e. The van der Waals surface area contributed by atoms with Crippen molar-refractivity contribution in [2.75, 3.05) is 6.54 Å². The number of imide groups is 1. The van der Waals surface area contributed by atoms with Gasteiger partial charge in [0.1, 0.15) is 6.04 Å². The molecule has 0 aliphatic carbocycles. The number of carbonyl (C=O) groups excluding carboxylic acids is 2. The predicted octanol–water partition coefficient (Wildman–Crippen LogP) is 0.222. The van der Waals surface area contributed by atoms with E-state index in [0.29, 0.717) is 5.56 Å². The summed E-state index contributed by atoms with van der Waals surface area (Å²) in [6.45, 7) is 0.133. The van der Waals surface area contributed by atoms with Crippen LogP contribution >= 0.6 is 0 Å². The maximum Gasteiger partial charge on any atom is 0.321 e. The third-order valence-electron chi connectivity index (χ3n) is 2.50. The van der Waals surface area contributed by atoms with Gasteiger partial charge in [-0.1, -0.05) is 0 Å². The number of nitrogens with zero attached hydrogens (tertiary/aromatic N) is 2. The number of non-ortho nitro benzene ring substituents is 1. The molecule has 1 aliphatic heterocycles. The average Bonchev–Trinajstić information content (AvgIpc) is 2.38. The first-order valence-corrected chi connectivity index (χ1v) is 5.42. The minimum absolute atomic E-state index is 0.0141. The molecular formula is C11H10N4O4. The molecule has 19 heavy (non-hydrogen) atoms. The molecule has 1 atom stereocenters. The van der Waals surface area contributed by atoms with E-state index in [9.17, 15) is 19.7 Å². The van der Waals surface area contributed by atoms with Crippen molar-refractivity contribution < 1.29 is 14.5 Å². The second-order valence-electron chi connectivity index (χ2n) is 3.84. The number of amides is 3. The molecule has 0 bridgehead atoms. The summed E-state index contributed by atoms with van der Waals surface area (Å²) in [6, 6.07) is 4.54. The number of hydrogen-bond acceptors (Lipinski definition) is 5. The molecule has 3 amide bonds. The largest absolute Gasteiger partial charge is 0.335 e. The molecule has 1 fully saturated rings. The summed E-state index contributed by atoms with van der Waals surface area (Å²) in [4.78, 5) is 36.2. The fourth-order valence-electron chi connectivity index (χ4n) is 1.50. The van der Waals surface area contributed by atoms with Crippen LogP contribution in [0.4, 0.5) is 10.5 Å². The lowest BCUT2D eigenvalue weighted by Crippen LogP contribution is -2.54. The standard InChI is InChI=1S/C11H10N4O4/c16-10-9(6-13-11(17)14-10)12-5-7-1-3-8(4-2-7)15(18)19/h1-5,9H,6H2,(H2,13,14,16,17). The molecule has 8 nitrogen and oxygen atoms in total. The number of nitro groups is 1. The van der Waals surface area contributed by atoms with Crippen molar-refractivity contribution in [3.63, 3.8) is 0 Å². The molecule has 1 unspecified atom stereocenters. The van der Waals surface area contributed by atoms with Gasteiger partial charge in [-0.3, -0.25) is 25.2 Å². The number of aliphatic imine (C=N–C) groups is 1. The fourth-order valence-corrected chi connectivity index (χ4v) is 1.50. The van der Waals surface area contributed by atoms with Crippen LogP contribution in [0.1, 0.15) is 5.56 Å². The second-order valence-corrected chi connectivity index (χ2v) is 3.84. The van der Waals surface area contributed by atoms with Crippen molar-refractivity contribution >= 4 is 23.8 Å². The van der Waals surface area contributed by atoms with Crippen LogP contribution < -0.4 is 10.6 Å². The maximum absolute atomic E-state index is 11.4. The van der Waals surface area contributed by atoms with Crippen LogP contribution in [0.2, 0.25) is 0 Å². The number of nitro benzene ring substituents is 1. The highest BCUT2D eigenvalue weighted by Crippen LogP contribution is 2.10. The van der Waals surface area contributed by atoms with Gasteiger partial charge in [-0.15, -0.1) is 0 Å². The summed E-state index contributed by atoms with van der Waals surface area (Å²) in [7, 11) is 0. The van der Waals surface area contributed by atoms with Gasteiger partial charge in [0.15, 0.2) is 0 Å². The Morgan fingerprint density at radius 1 is 1.32 bits per heavy atom. The van der Waals surface area contributed by atoms with E-state index in [1.54, 1.807) is 0 Å². The van der Waals surface area contributed by atoms with Crippen molar-refractivity contribution in [2.24, 2.45) is 4.99 Å². The van der Waals surface area contributed by atoms with Gasteiger partial charge >= 0.3 is 6.03 Å². The van der Waals surface area contributed by atoms with Crippen molar-refractivity contribution in [1.82, 2.24) is 10.6 Å². The van der Waals surface area contributed by atoms with Crippen LogP contribution in [0, 0.1) is 10.1 Å². The molecule has 0 saturated carbocycles. The fraction of sp³-hybridized carbons (Fsp3) is 0.182. The van der Waals surface area contributed by atoms with Gasteiger partial charge in [-0.05, 0) is 17.7 Å². The average molecular weight is 262 g/mol. The first-order valence-electron chi connectivity index (χ1n) is 5.42. The van der Waals surface area contributed by atoms with Crippen LogP contribution in [-0.4, -0.2) is 35.7 Å². The van der Waals surface area contributed by atoms with E-state index in [4.69, 9.17) is 0 Å². The predicted molar refractivity (Wildman–Crippen MR) is 66.0 cm³/mol. The maximum atomic E-state index is 11.4. The number of benzene rings is 1. The SMILES string of the molecule is O=C1NCC(N=Cc2ccc([N+](=O)[O-])cc2)C(=O)N1. The molecule has 1 heterocycles. The van der Waals surface area contributed by atoms with Gasteiger partial charge in [-0.2, -0.15) is 0 Å². The van der Waals surface area contributed by atoms with E-state index < -0.39 is 22.9 Å². The third kappa shape index (κ3) is 3.12. The molecule has 1 aromatic carbocycles. The number of carbonyl (C=O) groups is 2. The molecule has 1 aromatic rings. The summed E-state index contributed by atoms with van der Waals surface area (Å²) < 4.78 is 0. The Hall–Kier alpha value is -2.77. The minimum Gasteiger partial charge on any atom is -0.335 e. The van der Waals surface area contributed by atoms with Crippen molar-refractivity contribution in [2.45, 2.75) is 6.04 Å². The Labute approximate surface area is 107 Å². The van der Waals surface area contributed by atoms with E-state index >= 15 is 0 Å². The molecule has 2 N–H and O–H groups in total. The monoisotopic (exact) mass is 262 g/mol. The number of rotatable bonds is 3. The van der Waals surface area contributed by atoms with E-state index in [2.05, 4.69) is 15.6 Å². The molecular weight excluding hydrogens is 252 g/mol. The normalized spacial score (nSPS) is 19.1. The number of urea groups is 1. The van der Waals surface area contributed by atoms with Crippen molar-refractivity contribution in [3.05, 3.63) is 39.9 Å².